The van der Waals surface area contributed by atoms with Gasteiger partial charge in [-0.05, 0) is 38.3 Å². The highest BCUT2D eigenvalue weighted by Crippen LogP contribution is 2.14. The first kappa shape index (κ1) is 14.4. The van der Waals surface area contributed by atoms with Crippen molar-refractivity contribution >= 4 is 0 Å². The smallest absolute Gasteiger partial charge is 0.119 e. The molecule has 106 valence electrons. The predicted octanol–water partition coefficient (Wildman–Crippen LogP) is 2.92. The first-order valence-electron chi connectivity index (χ1n) is 7.33. The van der Waals surface area contributed by atoms with E-state index in [1.54, 1.807) is 0 Å². The van der Waals surface area contributed by atoms with E-state index in [4.69, 9.17) is 9.47 Å². The Morgan fingerprint density at radius 3 is 2.79 bits per heavy atom. The summed E-state index contributed by atoms with van der Waals surface area (Å²) in [6, 6.07) is 8.25. The quantitative estimate of drug-likeness (QED) is 0.820. The topological polar surface area (TPSA) is 30.5 Å². The lowest BCUT2D eigenvalue weighted by molar-refractivity contribution is 0.105. The Hall–Kier alpha value is -1.06. The van der Waals surface area contributed by atoms with E-state index in [2.05, 4.69) is 31.3 Å². The van der Waals surface area contributed by atoms with Crippen LogP contribution < -0.4 is 10.1 Å². The normalized spacial score (nSPS) is 20.4. The highest BCUT2D eigenvalue weighted by atomic mass is 16.5. The maximum absolute atomic E-state index is 5.98. The molecule has 1 saturated heterocycles. The fourth-order valence-corrected chi connectivity index (χ4v) is 2.29. The zero-order valence-electron chi connectivity index (χ0n) is 12.0. The molecule has 1 N–H and O–H groups in total. The van der Waals surface area contributed by atoms with Gasteiger partial charge >= 0.3 is 0 Å². The van der Waals surface area contributed by atoms with Crippen LogP contribution in [0.25, 0.3) is 0 Å². The minimum atomic E-state index is 0.226. The molecule has 2 rings (SSSR count). The molecular formula is C16H25NO2. The van der Waals surface area contributed by atoms with Crippen molar-refractivity contribution in [3.05, 3.63) is 29.8 Å². The number of aryl methyl sites for hydroxylation is 1. The largest absolute Gasteiger partial charge is 0.489 e. The summed E-state index contributed by atoms with van der Waals surface area (Å²) in [7, 11) is 0. The van der Waals surface area contributed by atoms with Crippen molar-refractivity contribution in [2.45, 2.75) is 45.3 Å². The summed E-state index contributed by atoms with van der Waals surface area (Å²) in [5.74, 6) is 0.955. The second-order valence-corrected chi connectivity index (χ2v) is 5.25. The van der Waals surface area contributed by atoms with E-state index < -0.39 is 0 Å². The molecule has 3 heteroatoms. The van der Waals surface area contributed by atoms with Crippen molar-refractivity contribution in [2.24, 2.45) is 0 Å². The van der Waals surface area contributed by atoms with Crippen molar-refractivity contribution in [2.75, 3.05) is 19.7 Å². The van der Waals surface area contributed by atoms with Gasteiger partial charge in [-0.2, -0.15) is 0 Å². The van der Waals surface area contributed by atoms with Crippen LogP contribution in [0.1, 0.15) is 31.7 Å². The van der Waals surface area contributed by atoms with Gasteiger partial charge in [0.25, 0.3) is 0 Å². The van der Waals surface area contributed by atoms with E-state index >= 15 is 0 Å². The van der Waals surface area contributed by atoms with Gasteiger partial charge in [-0.3, -0.25) is 0 Å². The summed E-state index contributed by atoms with van der Waals surface area (Å²) in [5, 5.41) is 3.46. The van der Waals surface area contributed by atoms with E-state index in [9.17, 15) is 0 Å². The Labute approximate surface area is 116 Å². The van der Waals surface area contributed by atoms with Gasteiger partial charge in [0.15, 0.2) is 0 Å². The fourth-order valence-electron chi connectivity index (χ4n) is 2.29. The second kappa shape index (κ2) is 7.51. The minimum Gasteiger partial charge on any atom is -0.489 e. The molecule has 3 nitrogen and oxygen atoms in total. The number of ether oxygens (including phenoxy) is 2. The summed E-state index contributed by atoms with van der Waals surface area (Å²) < 4.78 is 11.6. The standard InChI is InChI=1S/C16H25NO2/c1-3-14(11-17-12-16-5-4-10-18-16)19-15-8-6-13(2)7-9-15/h6-9,14,16-17H,3-5,10-12H2,1-2H3. The van der Waals surface area contributed by atoms with Gasteiger partial charge in [-0.25, -0.2) is 0 Å². The summed E-state index contributed by atoms with van der Waals surface area (Å²) in [5.41, 5.74) is 1.26. The molecule has 19 heavy (non-hydrogen) atoms. The molecule has 0 aliphatic carbocycles. The second-order valence-electron chi connectivity index (χ2n) is 5.25. The highest BCUT2D eigenvalue weighted by molar-refractivity contribution is 5.26. The Balaban J connectivity index is 1.71. The molecule has 1 aromatic carbocycles. The van der Waals surface area contributed by atoms with E-state index in [0.717, 1.165) is 31.9 Å². The van der Waals surface area contributed by atoms with Crippen molar-refractivity contribution in [3.8, 4) is 5.75 Å². The predicted molar refractivity (Wildman–Crippen MR) is 77.7 cm³/mol. The molecule has 1 heterocycles. The van der Waals surface area contributed by atoms with Crippen LogP contribution in [-0.2, 0) is 4.74 Å². The maximum atomic E-state index is 5.98. The minimum absolute atomic E-state index is 0.226. The zero-order chi connectivity index (χ0) is 13.5. The first-order valence-corrected chi connectivity index (χ1v) is 7.33. The van der Waals surface area contributed by atoms with Crippen molar-refractivity contribution in [1.29, 1.82) is 0 Å². The van der Waals surface area contributed by atoms with Crippen molar-refractivity contribution in [1.82, 2.24) is 5.32 Å². The molecule has 0 radical (unpaired) electrons. The van der Waals surface area contributed by atoms with Gasteiger partial charge in [-0.15, -0.1) is 0 Å². The van der Waals surface area contributed by atoms with Crippen LogP contribution in [0.3, 0.4) is 0 Å². The monoisotopic (exact) mass is 263 g/mol. The molecule has 1 aliphatic heterocycles. The Morgan fingerprint density at radius 2 is 2.16 bits per heavy atom. The van der Waals surface area contributed by atoms with E-state index in [-0.39, 0.29) is 6.10 Å². The molecule has 2 atom stereocenters. The molecular weight excluding hydrogens is 238 g/mol. The summed E-state index contributed by atoms with van der Waals surface area (Å²) in [6.45, 7) is 6.98. The van der Waals surface area contributed by atoms with Crippen molar-refractivity contribution < 1.29 is 9.47 Å². The van der Waals surface area contributed by atoms with Gasteiger partial charge in [0.05, 0.1) is 6.10 Å². The Bertz CT molecular complexity index is 358. The molecule has 1 aliphatic rings. The van der Waals surface area contributed by atoms with Gasteiger partial charge in [0.1, 0.15) is 11.9 Å². The third-order valence-electron chi connectivity index (χ3n) is 3.55. The Kier molecular flexibility index (Phi) is 5.67. The molecule has 0 bridgehead atoms. The van der Waals surface area contributed by atoms with E-state index in [1.807, 2.05) is 12.1 Å². The lowest BCUT2D eigenvalue weighted by Gasteiger charge is -2.19. The van der Waals surface area contributed by atoms with Crippen LogP contribution in [0.4, 0.5) is 0 Å². The molecule has 0 amide bonds. The number of rotatable bonds is 7. The van der Waals surface area contributed by atoms with Crippen LogP contribution in [-0.4, -0.2) is 31.9 Å². The van der Waals surface area contributed by atoms with Gasteiger partial charge in [0.2, 0.25) is 0 Å². The highest BCUT2D eigenvalue weighted by Gasteiger charge is 2.15. The number of benzene rings is 1. The Morgan fingerprint density at radius 1 is 1.37 bits per heavy atom. The van der Waals surface area contributed by atoms with Crippen LogP contribution >= 0.6 is 0 Å². The molecule has 1 aromatic rings. The number of hydrogen-bond acceptors (Lipinski definition) is 3. The van der Waals surface area contributed by atoms with Crippen LogP contribution in [0.5, 0.6) is 5.75 Å². The zero-order valence-corrected chi connectivity index (χ0v) is 12.0. The molecule has 0 spiro atoms. The lowest BCUT2D eigenvalue weighted by Crippen LogP contribution is -2.35. The SMILES string of the molecule is CCC(CNCC1CCCO1)Oc1ccc(C)cc1. The van der Waals surface area contributed by atoms with Crippen molar-refractivity contribution in [3.63, 3.8) is 0 Å². The number of hydrogen-bond donors (Lipinski definition) is 1. The van der Waals surface area contributed by atoms with Gasteiger partial charge < -0.3 is 14.8 Å². The number of nitrogens with one attached hydrogen (secondary N) is 1. The molecule has 2 unspecified atom stereocenters. The summed E-state index contributed by atoms with van der Waals surface area (Å²) >= 11 is 0. The van der Waals surface area contributed by atoms with E-state index in [0.29, 0.717) is 6.10 Å². The molecule has 0 saturated carbocycles. The lowest BCUT2D eigenvalue weighted by atomic mass is 10.2. The van der Waals surface area contributed by atoms with Crippen LogP contribution in [0.15, 0.2) is 24.3 Å². The third-order valence-corrected chi connectivity index (χ3v) is 3.55. The average molecular weight is 263 g/mol. The summed E-state index contributed by atoms with van der Waals surface area (Å²) in [4.78, 5) is 0. The summed E-state index contributed by atoms with van der Waals surface area (Å²) in [6.07, 6.45) is 4.01. The van der Waals surface area contributed by atoms with Gasteiger partial charge in [-0.1, -0.05) is 24.6 Å². The van der Waals surface area contributed by atoms with Gasteiger partial charge in [0, 0.05) is 19.7 Å². The molecule has 0 aromatic heterocycles. The average Bonchev–Trinajstić information content (AvgIpc) is 2.93. The van der Waals surface area contributed by atoms with Crippen LogP contribution in [0, 0.1) is 6.92 Å². The molecule has 1 fully saturated rings. The maximum Gasteiger partial charge on any atom is 0.119 e. The van der Waals surface area contributed by atoms with E-state index in [1.165, 1.54) is 18.4 Å². The fraction of sp³-hybridized carbons (Fsp3) is 0.625. The third kappa shape index (κ3) is 4.84. The van der Waals surface area contributed by atoms with Crippen LogP contribution in [0.2, 0.25) is 0 Å². The first-order chi connectivity index (χ1) is 9.28.